The molecule has 4 nitrogen and oxygen atoms in total. The van der Waals surface area contributed by atoms with Gasteiger partial charge in [0.25, 0.3) is 0 Å². The zero-order chi connectivity index (χ0) is 12.7. The number of hydrogen-bond acceptors (Lipinski definition) is 3. The second-order valence-electron chi connectivity index (χ2n) is 4.65. The molecule has 98 valence electrons. The van der Waals surface area contributed by atoms with Gasteiger partial charge in [-0.1, -0.05) is 12.8 Å². The third kappa shape index (κ3) is 5.44. The van der Waals surface area contributed by atoms with Gasteiger partial charge in [-0.3, -0.25) is 9.59 Å². The molecule has 0 spiro atoms. The molecule has 0 bridgehead atoms. The van der Waals surface area contributed by atoms with Crippen molar-refractivity contribution in [2.75, 3.05) is 18.8 Å². The van der Waals surface area contributed by atoms with E-state index < -0.39 is 5.97 Å². The molecule has 0 aromatic heterocycles. The number of nitrogens with zero attached hydrogens (tertiary/aromatic N) is 1. The quantitative estimate of drug-likeness (QED) is 0.516. The van der Waals surface area contributed by atoms with Gasteiger partial charge in [0.1, 0.15) is 0 Å². The molecule has 1 atom stereocenters. The minimum absolute atomic E-state index is 0.245. The molecular formula is C12H21NO3S. The van der Waals surface area contributed by atoms with Crippen molar-refractivity contribution in [1.82, 2.24) is 4.90 Å². The number of amides is 1. The van der Waals surface area contributed by atoms with Gasteiger partial charge in [-0.25, -0.2) is 0 Å². The lowest BCUT2D eigenvalue weighted by atomic mass is 10.1. The molecule has 1 unspecified atom stereocenters. The number of unbranched alkanes of at least 4 members (excludes halogenated alkanes) is 3. The van der Waals surface area contributed by atoms with E-state index in [9.17, 15) is 9.59 Å². The molecule has 1 saturated heterocycles. The third-order valence-corrected chi connectivity index (χ3v) is 3.64. The SMILES string of the molecule is O=C(O)CCCCCCN1CC(CS)CC1=O. The van der Waals surface area contributed by atoms with Crippen LogP contribution in [0.3, 0.4) is 0 Å². The van der Waals surface area contributed by atoms with Gasteiger partial charge in [0.05, 0.1) is 0 Å². The van der Waals surface area contributed by atoms with Crippen LogP contribution in [0.15, 0.2) is 0 Å². The summed E-state index contributed by atoms with van der Waals surface area (Å²) < 4.78 is 0. The van der Waals surface area contributed by atoms with E-state index >= 15 is 0 Å². The van der Waals surface area contributed by atoms with Crippen LogP contribution in [0.25, 0.3) is 0 Å². The number of thiol groups is 1. The smallest absolute Gasteiger partial charge is 0.303 e. The molecule has 0 aromatic rings. The Morgan fingerprint density at radius 2 is 2.06 bits per heavy atom. The Morgan fingerprint density at radius 1 is 1.35 bits per heavy atom. The molecule has 1 fully saturated rings. The maximum absolute atomic E-state index is 11.6. The van der Waals surface area contributed by atoms with E-state index in [1.807, 2.05) is 4.90 Å². The maximum Gasteiger partial charge on any atom is 0.303 e. The zero-order valence-electron chi connectivity index (χ0n) is 10.1. The normalized spacial score (nSPS) is 19.9. The molecule has 17 heavy (non-hydrogen) atoms. The summed E-state index contributed by atoms with van der Waals surface area (Å²) in [5.41, 5.74) is 0. The van der Waals surface area contributed by atoms with Crippen molar-refractivity contribution in [3.8, 4) is 0 Å². The average molecular weight is 259 g/mol. The molecule has 1 aliphatic rings. The summed E-state index contributed by atoms with van der Waals surface area (Å²) >= 11 is 4.22. The van der Waals surface area contributed by atoms with Crippen molar-refractivity contribution in [2.24, 2.45) is 5.92 Å². The van der Waals surface area contributed by atoms with E-state index in [1.54, 1.807) is 0 Å². The molecule has 1 aliphatic heterocycles. The van der Waals surface area contributed by atoms with E-state index in [4.69, 9.17) is 5.11 Å². The summed E-state index contributed by atoms with van der Waals surface area (Å²) in [6.45, 7) is 1.66. The number of carbonyl (C=O) groups is 2. The van der Waals surface area contributed by atoms with Crippen molar-refractivity contribution in [3.63, 3.8) is 0 Å². The Labute approximate surface area is 108 Å². The summed E-state index contributed by atoms with van der Waals surface area (Å²) in [6, 6.07) is 0. The van der Waals surface area contributed by atoms with Gasteiger partial charge in [-0.15, -0.1) is 0 Å². The lowest BCUT2D eigenvalue weighted by Crippen LogP contribution is -2.26. The van der Waals surface area contributed by atoms with Crippen LogP contribution in [0.5, 0.6) is 0 Å². The number of carboxylic acids is 1. The summed E-state index contributed by atoms with van der Waals surface area (Å²) in [4.78, 5) is 23.8. The monoisotopic (exact) mass is 259 g/mol. The van der Waals surface area contributed by atoms with Gasteiger partial charge in [0, 0.05) is 25.9 Å². The predicted octanol–water partition coefficient (Wildman–Crippen LogP) is 1.80. The molecule has 1 rings (SSSR count). The topological polar surface area (TPSA) is 57.6 Å². The summed E-state index contributed by atoms with van der Waals surface area (Å²) in [7, 11) is 0. The number of likely N-dealkylation sites (tertiary alicyclic amines) is 1. The minimum Gasteiger partial charge on any atom is -0.481 e. The number of carbonyl (C=O) groups excluding carboxylic acids is 1. The fourth-order valence-corrected chi connectivity index (χ4v) is 2.37. The van der Waals surface area contributed by atoms with Crippen molar-refractivity contribution in [1.29, 1.82) is 0 Å². The molecular weight excluding hydrogens is 238 g/mol. The van der Waals surface area contributed by atoms with Crippen molar-refractivity contribution >= 4 is 24.5 Å². The van der Waals surface area contributed by atoms with E-state index in [0.717, 1.165) is 44.5 Å². The fourth-order valence-electron chi connectivity index (χ4n) is 2.12. The first-order chi connectivity index (χ1) is 8.13. The molecule has 1 N–H and O–H groups in total. The lowest BCUT2D eigenvalue weighted by molar-refractivity contribution is -0.137. The molecule has 1 heterocycles. The van der Waals surface area contributed by atoms with E-state index in [1.165, 1.54) is 0 Å². The number of rotatable bonds is 8. The van der Waals surface area contributed by atoms with Crippen LogP contribution < -0.4 is 0 Å². The Balaban J connectivity index is 2.03. The Hall–Kier alpha value is -0.710. The van der Waals surface area contributed by atoms with Crippen LogP contribution in [0.2, 0.25) is 0 Å². The maximum atomic E-state index is 11.6. The highest BCUT2D eigenvalue weighted by Crippen LogP contribution is 2.19. The highest BCUT2D eigenvalue weighted by Gasteiger charge is 2.27. The molecule has 0 saturated carbocycles. The highest BCUT2D eigenvalue weighted by molar-refractivity contribution is 7.80. The van der Waals surface area contributed by atoms with Gasteiger partial charge in [0.15, 0.2) is 0 Å². The largest absolute Gasteiger partial charge is 0.481 e. The summed E-state index contributed by atoms with van der Waals surface area (Å²) in [5, 5.41) is 8.47. The molecule has 1 amide bonds. The van der Waals surface area contributed by atoms with Gasteiger partial charge in [-0.2, -0.15) is 12.6 Å². The first-order valence-electron chi connectivity index (χ1n) is 6.24. The first-order valence-corrected chi connectivity index (χ1v) is 6.87. The molecule has 0 aliphatic carbocycles. The highest BCUT2D eigenvalue weighted by atomic mass is 32.1. The zero-order valence-corrected chi connectivity index (χ0v) is 11.0. The van der Waals surface area contributed by atoms with Gasteiger partial charge in [0.2, 0.25) is 5.91 Å². The standard InChI is InChI=1S/C12H21NO3S/c14-11-7-10(9-17)8-13(11)6-4-2-1-3-5-12(15)16/h10,17H,1-9H2,(H,15,16). The van der Waals surface area contributed by atoms with Crippen LogP contribution in [-0.2, 0) is 9.59 Å². The van der Waals surface area contributed by atoms with E-state index in [2.05, 4.69) is 12.6 Å². The Bertz CT molecular complexity index is 270. The summed E-state index contributed by atoms with van der Waals surface area (Å²) in [5.74, 6) is 0.713. The lowest BCUT2D eigenvalue weighted by Gasteiger charge is -2.15. The van der Waals surface area contributed by atoms with E-state index in [-0.39, 0.29) is 12.3 Å². The fraction of sp³-hybridized carbons (Fsp3) is 0.833. The number of hydrogen-bond donors (Lipinski definition) is 2. The Kier molecular flexibility index (Phi) is 6.40. The van der Waals surface area contributed by atoms with E-state index in [0.29, 0.717) is 12.3 Å². The van der Waals surface area contributed by atoms with Gasteiger partial charge in [-0.05, 0) is 24.5 Å². The van der Waals surface area contributed by atoms with Gasteiger partial charge >= 0.3 is 5.97 Å². The first kappa shape index (κ1) is 14.4. The third-order valence-electron chi connectivity index (χ3n) is 3.12. The second kappa shape index (κ2) is 7.58. The van der Waals surface area contributed by atoms with Gasteiger partial charge < -0.3 is 10.0 Å². The molecule has 0 aromatic carbocycles. The van der Waals surface area contributed by atoms with Crippen LogP contribution in [0.1, 0.15) is 38.5 Å². The van der Waals surface area contributed by atoms with Crippen LogP contribution in [0, 0.1) is 5.92 Å². The predicted molar refractivity (Wildman–Crippen MR) is 69.3 cm³/mol. The number of aliphatic carboxylic acids is 1. The number of carboxylic acid groups (broad SMARTS) is 1. The summed E-state index contributed by atoms with van der Waals surface area (Å²) in [6.07, 6.45) is 4.55. The van der Waals surface area contributed by atoms with Crippen molar-refractivity contribution in [2.45, 2.75) is 38.5 Å². The van der Waals surface area contributed by atoms with Crippen LogP contribution in [-0.4, -0.2) is 40.7 Å². The van der Waals surface area contributed by atoms with Crippen molar-refractivity contribution in [3.05, 3.63) is 0 Å². The van der Waals surface area contributed by atoms with Crippen molar-refractivity contribution < 1.29 is 14.7 Å². The Morgan fingerprint density at radius 3 is 2.65 bits per heavy atom. The average Bonchev–Trinajstić information content (AvgIpc) is 2.64. The van der Waals surface area contributed by atoms with Crippen LogP contribution >= 0.6 is 12.6 Å². The molecule has 0 radical (unpaired) electrons. The molecule has 5 heteroatoms. The van der Waals surface area contributed by atoms with Crippen LogP contribution in [0.4, 0.5) is 0 Å². The second-order valence-corrected chi connectivity index (χ2v) is 5.02. The minimum atomic E-state index is -0.726.